The van der Waals surface area contributed by atoms with Crippen molar-refractivity contribution >= 4 is 6.08 Å². The molecule has 0 heteroatoms. The average Bonchev–Trinajstić information content (AvgIpc) is 2.28. The van der Waals surface area contributed by atoms with Crippen LogP contribution in [0.25, 0.3) is 6.08 Å². The molecule has 0 bridgehead atoms. The predicted molar refractivity (Wildman–Crippen MR) is 57.5 cm³/mol. The number of rotatable bonds is 0. The van der Waals surface area contributed by atoms with E-state index in [-0.39, 0.29) is 0 Å². The highest BCUT2D eigenvalue weighted by molar-refractivity contribution is 5.56. The molecule has 1 aliphatic carbocycles. The molecule has 1 aromatic carbocycles. The van der Waals surface area contributed by atoms with Gasteiger partial charge in [-0.2, -0.15) is 0 Å². The minimum atomic E-state index is 1.02. The maximum atomic E-state index is 2.18. The standard InChI is InChI=1S/C13H12/c1-2-4-8-12-10-6-7-11-13(12)9-5-3-1/h1-8,10-11H,9H2/b2-1-,5-3?,8-4-. The minimum Gasteiger partial charge on any atom is -0.0801 e. The lowest BCUT2D eigenvalue weighted by Gasteiger charge is -2.01. The van der Waals surface area contributed by atoms with Gasteiger partial charge in [-0.15, -0.1) is 0 Å². The van der Waals surface area contributed by atoms with E-state index >= 15 is 0 Å². The van der Waals surface area contributed by atoms with E-state index in [2.05, 4.69) is 60.7 Å². The first-order chi connectivity index (χ1) is 6.47. The van der Waals surface area contributed by atoms with E-state index in [0.717, 1.165) is 6.42 Å². The Morgan fingerprint density at radius 3 is 2.69 bits per heavy atom. The molecule has 0 radical (unpaired) electrons. The van der Waals surface area contributed by atoms with Gasteiger partial charge in [-0.25, -0.2) is 0 Å². The molecular formula is C13H12. The molecule has 2 rings (SSSR count). The second kappa shape index (κ2) is 3.90. The van der Waals surface area contributed by atoms with Crippen molar-refractivity contribution < 1.29 is 0 Å². The Morgan fingerprint density at radius 2 is 1.69 bits per heavy atom. The zero-order chi connectivity index (χ0) is 8.93. The molecule has 0 nitrogen and oxygen atoms in total. The van der Waals surface area contributed by atoms with Gasteiger partial charge in [-0.3, -0.25) is 0 Å². The molecule has 0 aromatic heterocycles. The summed E-state index contributed by atoms with van der Waals surface area (Å²) in [4.78, 5) is 0. The highest BCUT2D eigenvalue weighted by Gasteiger charge is 1.95. The molecule has 0 spiro atoms. The van der Waals surface area contributed by atoms with Crippen molar-refractivity contribution in [2.24, 2.45) is 0 Å². The summed E-state index contributed by atoms with van der Waals surface area (Å²) in [6, 6.07) is 8.49. The van der Waals surface area contributed by atoms with Crippen molar-refractivity contribution in [3.05, 3.63) is 65.8 Å². The Morgan fingerprint density at radius 1 is 0.846 bits per heavy atom. The summed E-state index contributed by atoms with van der Waals surface area (Å²) in [5.41, 5.74) is 2.71. The molecule has 64 valence electrons. The summed E-state index contributed by atoms with van der Waals surface area (Å²) in [7, 11) is 0. The third kappa shape index (κ3) is 1.97. The number of fused-ring (bicyclic) bond motifs is 1. The van der Waals surface area contributed by atoms with Gasteiger partial charge in [-0.05, 0) is 17.5 Å². The van der Waals surface area contributed by atoms with Crippen LogP contribution >= 0.6 is 0 Å². The summed E-state index contributed by atoms with van der Waals surface area (Å²) in [5.74, 6) is 0. The van der Waals surface area contributed by atoms with E-state index in [4.69, 9.17) is 0 Å². The molecule has 0 unspecified atom stereocenters. The van der Waals surface area contributed by atoms with Crippen molar-refractivity contribution in [2.45, 2.75) is 6.42 Å². The number of allylic oxidation sites excluding steroid dienone is 5. The van der Waals surface area contributed by atoms with E-state index in [1.807, 2.05) is 0 Å². The first-order valence-corrected chi connectivity index (χ1v) is 4.54. The third-order valence-corrected chi connectivity index (χ3v) is 2.14. The minimum absolute atomic E-state index is 1.02. The quantitative estimate of drug-likeness (QED) is 0.557. The van der Waals surface area contributed by atoms with Crippen LogP contribution in [0.2, 0.25) is 0 Å². The van der Waals surface area contributed by atoms with Gasteiger partial charge in [0.05, 0.1) is 0 Å². The highest BCUT2D eigenvalue weighted by atomic mass is 14.0. The molecule has 0 aliphatic heterocycles. The molecule has 0 atom stereocenters. The molecule has 0 N–H and O–H groups in total. The zero-order valence-electron chi connectivity index (χ0n) is 7.48. The van der Waals surface area contributed by atoms with Crippen LogP contribution in [0.15, 0.2) is 54.6 Å². The van der Waals surface area contributed by atoms with E-state index in [1.54, 1.807) is 0 Å². The topological polar surface area (TPSA) is 0 Å². The summed E-state index contributed by atoms with van der Waals surface area (Å²) >= 11 is 0. The SMILES string of the molecule is C1=CCc2ccccc2/C=C\C=C/1. The molecule has 0 saturated heterocycles. The molecular weight excluding hydrogens is 156 g/mol. The van der Waals surface area contributed by atoms with E-state index < -0.39 is 0 Å². The normalized spacial score (nSPS) is 19.4. The van der Waals surface area contributed by atoms with Crippen LogP contribution in [0.4, 0.5) is 0 Å². The summed E-state index contributed by atoms with van der Waals surface area (Å²) in [5, 5.41) is 0. The maximum Gasteiger partial charge on any atom is -0.00884 e. The Bertz CT molecular complexity index is 367. The summed E-state index contributed by atoms with van der Waals surface area (Å²) in [6.45, 7) is 0. The summed E-state index contributed by atoms with van der Waals surface area (Å²) in [6.07, 6.45) is 13.6. The van der Waals surface area contributed by atoms with Gasteiger partial charge in [0.1, 0.15) is 0 Å². The van der Waals surface area contributed by atoms with Gasteiger partial charge < -0.3 is 0 Å². The maximum absolute atomic E-state index is 2.18. The Labute approximate surface area is 78.9 Å². The lowest BCUT2D eigenvalue weighted by molar-refractivity contribution is 1.26. The Kier molecular flexibility index (Phi) is 2.42. The second-order valence-electron chi connectivity index (χ2n) is 3.08. The smallest absolute Gasteiger partial charge is 0.00884 e. The lowest BCUT2D eigenvalue weighted by Crippen LogP contribution is -1.84. The van der Waals surface area contributed by atoms with Crippen molar-refractivity contribution in [3.63, 3.8) is 0 Å². The van der Waals surface area contributed by atoms with Gasteiger partial charge >= 0.3 is 0 Å². The molecule has 0 saturated carbocycles. The fourth-order valence-electron chi connectivity index (χ4n) is 1.44. The number of hydrogen-bond acceptors (Lipinski definition) is 0. The first-order valence-electron chi connectivity index (χ1n) is 4.54. The molecule has 0 heterocycles. The van der Waals surface area contributed by atoms with Crippen LogP contribution in [0, 0.1) is 0 Å². The number of hydrogen-bond donors (Lipinski definition) is 0. The van der Waals surface area contributed by atoms with Crippen LogP contribution in [0.1, 0.15) is 11.1 Å². The van der Waals surface area contributed by atoms with Crippen molar-refractivity contribution in [1.29, 1.82) is 0 Å². The second-order valence-corrected chi connectivity index (χ2v) is 3.08. The van der Waals surface area contributed by atoms with Crippen molar-refractivity contribution in [2.75, 3.05) is 0 Å². The van der Waals surface area contributed by atoms with Gasteiger partial charge in [-0.1, -0.05) is 60.7 Å². The van der Waals surface area contributed by atoms with Crippen LogP contribution in [-0.4, -0.2) is 0 Å². The molecule has 1 aromatic rings. The fourth-order valence-corrected chi connectivity index (χ4v) is 1.44. The fraction of sp³-hybridized carbons (Fsp3) is 0.0769. The van der Waals surface area contributed by atoms with Gasteiger partial charge in [0.25, 0.3) is 0 Å². The molecule has 0 amide bonds. The van der Waals surface area contributed by atoms with Crippen LogP contribution < -0.4 is 0 Å². The van der Waals surface area contributed by atoms with Gasteiger partial charge in [0, 0.05) is 0 Å². The Balaban J connectivity index is 2.44. The van der Waals surface area contributed by atoms with E-state index in [9.17, 15) is 0 Å². The molecule has 0 fully saturated rings. The lowest BCUT2D eigenvalue weighted by atomic mass is 10.0. The van der Waals surface area contributed by atoms with Crippen molar-refractivity contribution in [1.82, 2.24) is 0 Å². The Hall–Kier alpha value is -1.56. The van der Waals surface area contributed by atoms with Crippen LogP contribution in [0.3, 0.4) is 0 Å². The molecule has 1 aliphatic rings. The van der Waals surface area contributed by atoms with Gasteiger partial charge in [0.2, 0.25) is 0 Å². The zero-order valence-corrected chi connectivity index (χ0v) is 7.48. The van der Waals surface area contributed by atoms with Gasteiger partial charge in [0.15, 0.2) is 0 Å². The van der Waals surface area contributed by atoms with Crippen molar-refractivity contribution in [3.8, 4) is 0 Å². The van der Waals surface area contributed by atoms with E-state index in [1.165, 1.54) is 11.1 Å². The predicted octanol–water partition coefficient (Wildman–Crippen LogP) is 3.37. The van der Waals surface area contributed by atoms with Crippen LogP contribution in [0.5, 0.6) is 0 Å². The molecule has 13 heavy (non-hydrogen) atoms. The third-order valence-electron chi connectivity index (χ3n) is 2.14. The number of benzene rings is 1. The first kappa shape index (κ1) is 8.06. The average molecular weight is 168 g/mol. The monoisotopic (exact) mass is 168 g/mol. The van der Waals surface area contributed by atoms with Crippen LogP contribution in [-0.2, 0) is 6.42 Å². The van der Waals surface area contributed by atoms with E-state index in [0.29, 0.717) is 0 Å². The highest BCUT2D eigenvalue weighted by Crippen LogP contribution is 2.12. The largest absolute Gasteiger partial charge is 0.0801 e. The summed E-state index contributed by atoms with van der Waals surface area (Å²) < 4.78 is 0.